The number of nitrogens with zero attached hydrogens (tertiary/aromatic N) is 1. The van der Waals surface area contributed by atoms with Gasteiger partial charge < -0.3 is 19.5 Å². The Hall–Kier alpha value is -3.35. The van der Waals surface area contributed by atoms with Gasteiger partial charge in [-0.15, -0.1) is 0 Å². The largest absolute Gasteiger partial charge is 0.507 e. The molecule has 0 aliphatic carbocycles. The van der Waals surface area contributed by atoms with Crippen molar-refractivity contribution in [3.63, 3.8) is 0 Å². The molecule has 7 heteroatoms. The zero-order chi connectivity index (χ0) is 20.4. The van der Waals surface area contributed by atoms with Crippen LogP contribution in [0.1, 0.15) is 24.1 Å². The van der Waals surface area contributed by atoms with E-state index in [1.165, 1.54) is 31.2 Å². The zero-order valence-electron chi connectivity index (χ0n) is 15.7. The van der Waals surface area contributed by atoms with Gasteiger partial charge in [0.1, 0.15) is 11.5 Å². The third kappa shape index (κ3) is 3.31. The van der Waals surface area contributed by atoms with Gasteiger partial charge in [-0.1, -0.05) is 12.1 Å². The fourth-order valence-electron chi connectivity index (χ4n) is 3.22. The van der Waals surface area contributed by atoms with Crippen LogP contribution in [0.15, 0.2) is 48.0 Å². The average molecular weight is 385 g/mol. The monoisotopic (exact) mass is 385 g/mol. The molecular weight excluding hydrogens is 365 g/mol. The number of hydrogen-bond donors (Lipinski definition) is 1. The maximum absolute atomic E-state index is 14.1. The number of carbonyl (C=O) groups is 2. The maximum Gasteiger partial charge on any atom is 0.295 e. The summed E-state index contributed by atoms with van der Waals surface area (Å²) in [7, 11) is 2.81. The van der Waals surface area contributed by atoms with E-state index in [-0.39, 0.29) is 16.9 Å². The summed E-state index contributed by atoms with van der Waals surface area (Å²) >= 11 is 0. The molecule has 1 fully saturated rings. The van der Waals surface area contributed by atoms with Gasteiger partial charge in [0, 0.05) is 12.6 Å². The first kappa shape index (κ1) is 19.4. The Labute approximate surface area is 161 Å². The third-order valence-corrected chi connectivity index (χ3v) is 4.61. The maximum atomic E-state index is 14.1. The number of amides is 1. The fourth-order valence-corrected chi connectivity index (χ4v) is 3.22. The summed E-state index contributed by atoms with van der Waals surface area (Å²) in [6, 6.07) is 9.93. The number of carbonyl (C=O) groups excluding carboxylic acids is 2. The van der Waals surface area contributed by atoms with E-state index in [1.54, 1.807) is 24.3 Å². The number of benzene rings is 2. The number of hydrogen-bond acceptors (Lipinski definition) is 5. The molecule has 2 aromatic rings. The van der Waals surface area contributed by atoms with Crippen molar-refractivity contribution in [3.05, 3.63) is 65.0 Å². The van der Waals surface area contributed by atoms with Gasteiger partial charge in [0.15, 0.2) is 11.6 Å². The number of halogens is 1. The number of likely N-dealkylation sites (N-methyl/N-ethyl adjacent to an activating group) is 1. The molecule has 0 saturated carbocycles. The van der Waals surface area contributed by atoms with Gasteiger partial charge in [0.25, 0.3) is 11.7 Å². The normalized spacial score (nSPS) is 18.4. The van der Waals surface area contributed by atoms with Gasteiger partial charge in [0.2, 0.25) is 0 Å². The molecule has 1 aliphatic rings. The molecule has 28 heavy (non-hydrogen) atoms. The molecule has 0 radical (unpaired) electrons. The summed E-state index contributed by atoms with van der Waals surface area (Å²) in [6.45, 7) is 2.37. The highest BCUT2D eigenvalue weighted by Crippen LogP contribution is 2.39. The molecule has 0 spiro atoms. The number of aliphatic hydroxyl groups excluding tert-OH is 1. The van der Waals surface area contributed by atoms with E-state index in [1.807, 2.05) is 6.92 Å². The number of ketones is 1. The van der Waals surface area contributed by atoms with E-state index < -0.39 is 29.3 Å². The summed E-state index contributed by atoms with van der Waals surface area (Å²) < 4.78 is 24.3. The lowest BCUT2D eigenvalue weighted by molar-refractivity contribution is -0.139. The number of ether oxygens (including phenoxy) is 2. The lowest BCUT2D eigenvalue weighted by Crippen LogP contribution is -2.24. The summed E-state index contributed by atoms with van der Waals surface area (Å²) in [5.74, 6) is -2.03. The number of Topliss-reactive ketones (excluding diaryl/α,β-unsaturated/α-hetero) is 1. The Bertz CT molecular complexity index is 952. The standard InChI is InChI=1S/C21H20FNO5/c1-4-28-14-8-5-12(6-9-14)18-17(20(25)21(26)23(18)2)19(24)13-7-10-16(27-3)15(22)11-13/h5-11,18,24H,4H2,1-3H3/b19-17+. The van der Waals surface area contributed by atoms with Crippen LogP contribution in [0.2, 0.25) is 0 Å². The summed E-state index contributed by atoms with van der Waals surface area (Å²) in [5.41, 5.74) is 0.614. The Morgan fingerprint density at radius 2 is 1.86 bits per heavy atom. The van der Waals surface area contributed by atoms with E-state index in [9.17, 15) is 19.1 Å². The highest BCUT2D eigenvalue weighted by molar-refractivity contribution is 6.46. The molecule has 3 rings (SSSR count). The topological polar surface area (TPSA) is 76.1 Å². The highest BCUT2D eigenvalue weighted by Gasteiger charge is 2.44. The smallest absolute Gasteiger partial charge is 0.295 e. The molecule has 1 unspecified atom stereocenters. The van der Waals surface area contributed by atoms with E-state index in [2.05, 4.69) is 0 Å². The van der Waals surface area contributed by atoms with Crippen molar-refractivity contribution in [3.8, 4) is 11.5 Å². The minimum atomic E-state index is -0.824. The van der Waals surface area contributed by atoms with Crippen LogP contribution in [-0.2, 0) is 9.59 Å². The van der Waals surface area contributed by atoms with Gasteiger partial charge in [0.05, 0.1) is 25.3 Å². The first-order valence-electron chi connectivity index (χ1n) is 8.70. The van der Waals surface area contributed by atoms with Crippen molar-refractivity contribution >= 4 is 17.4 Å². The van der Waals surface area contributed by atoms with Gasteiger partial charge in [-0.25, -0.2) is 4.39 Å². The second-order valence-corrected chi connectivity index (χ2v) is 6.26. The molecule has 1 heterocycles. The Morgan fingerprint density at radius 1 is 1.18 bits per heavy atom. The summed E-state index contributed by atoms with van der Waals surface area (Å²) in [5, 5.41) is 10.7. The predicted molar refractivity (Wildman–Crippen MR) is 101 cm³/mol. The van der Waals surface area contributed by atoms with Crippen molar-refractivity contribution in [2.75, 3.05) is 20.8 Å². The number of aliphatic hydroxyl groups is 1. The van der Waals surface area contributed by atoms with Gasteiger partial charge in [-0.3, -0.25) is 9.59 Å². The molecule has 6 nitrogen and oxygen atoms in total. The van der Waals surface area contributed by atoms with E-state index >= 15 is 0 Å². The van der Waals surface area contributed by atoms with Crippen molar-refractivity contribution in [2.24, 2.45) is 0 Å². The van der Waals surface area contributed by atoms with Crippen LogP contribution in [-0.4, -0.2) is 42.5 Å². The van der Waals surface area contributed by atoms with Crippen LogP contribution in [0, 0.1) is 5.82 Å². The van der Waals surface area contributed by atoms with Crippen molar-refractivity contribution in [1.29, 1.82) is 0 Å². The molecule has 1 N–H and O–H groups in total. The first-order valence-corrected chi connectivity index (χ1v) is 8.70. The molecule has 0 aromatic heterocycles. The second-order valence-electron chi connectivity index (χ2n) is 6.26. The number of rotatable bonds is 5. The molecule has 1 atom stereocenters. The molecule has 2 aromatic carbocycles. The average Bonchev–Trinajstić information content (AvgIpc) is 2.92. The Kier molecular flexibility index (Phi) is 5.35. The molecule has 1 aliphatic heterocycles. The van der Waals surface area contributed by atoms with Crippen molar-refractivity contribution in [2.45, 2.75) is 13.0 Å². The predicted octanol–water partition coefficient (Wildman–Crippen LogP) is 3.28. The lowest BCUT2D eigenvalue weighted by Gasteiger charge is -2.21. The molecule has 1 saturated heterocycles. The second kappa shape index (κ2) is 7.72. The van der Waals surface area contributed by atoms with Gasteiger partial charge in [-0.2, -0.15) is 0 Å². The van der Waals surface area contributed by atoms with Crippen LogP contribution >= 0.6 is 0 Å². The van der Waals surface area contributed by atoms with E-state index in [0.29, 0.717) is 17.9 Å². The molecule has 0 bridgehead atoms. The van der Waals surface area contributed by atoms with Gasteiger partial charge in [-0.05, 0) is 42.8 Å². The summed E-state index contributed by atoms with van der Waals surface area (Å²) in [6.07, 6.45) is 0. The van der Waals surface area contributed by atoms with Crippen LogP contribution in [0.4, 0.5) is 4.39 Å². The minimum absolute atomic E-state index is 0.00977. The van der Waals surface area contributed by atoms with E-state index in [4.69, 9.17) is 9.47 Å². The summed E-state index contributed by atoms with van der Waals surface area (Å²) in [4.78, 5) is 26.1. The number of methoxy groups -OCH3 is 1. The zero-order valence-corrected chi connectivity index (χ0v) is 15.7. The number of likely N-dealkylation sites (tertiary alicyclic amines) is 1. The van der Waals surface area contributed by atoms with Crippen LogP contribution in [0.3, 0.4) is 0 Å². The Morgan fingerprint density at radius 3 is 2.43 bits per heavy atom. The molecular formula is C21H20FNO5. The van der Waals surface area contributed by atoms with E-state index in [0.717, 1.165) is 6.07 Å². The van der Waals surface area contributed by atoms with Crippen molar-refractivity contribution in [1.82, 2.24) is 4.90 Å². The third-order valence-electron chi connectivity index (χ3n) is 4.61. The van der Waals surface area contributed by atoms with Crippen LogP contribution in [0.25, 0.3) is 5.76 Å². The highest BCUT2D eigenvalue weighted by atomic mass is 19.1. The lowest BCUT2D eigenvalue weighted by atomic mass is 9.95. The first-order chi connectivity index (χ1) is 13.4. The van der Waals surface area contributed by atoms with Crippen molar-refractivity contribution < 1.29 is 28.6 Å². The fraction of sp³-hybridized carbons (Fsp3) is 0.238. The Balaban J connectivity index is 2.09. The van der Waals surface area contributed by atoms with Crippen LogP contribution in [0.5, 0.6) is 11.5 Å². The van der Waals surface area contributed by atoms with Gasteiger partial charge >= 0.3 is 0 Å². The SMILES string of the molecule is CCOc1ccc(C2/C(=C(\O)c3ccc(OC)c(F)c3)C(=O)C(=O)N2C)cc1. The molecule has 1 amide bonds. The van der Waals surface area contributed by atoms with Crippen LogP contribution < -0.4 is 9.47 Å². The molecule has 146 valence electrons. The quantitative estimate of drug-likeness (QED) is 0.486. The minimum Gasteiger partial charge on any atom is -0.507 e.